The minimum Gasteiger partial charge on any atom is -0.372 e. The van der Waals surface area contributed by atoms with Crippen molar-refractivity contribution in [2.75, 3.05) is 43.4 Å². The summed E-state index contributed by atoms with van der Waals surface area (Å²) >= 11 is 1.80. The van der Waals surface area contributed by atoms with Gasteiger partial charge in [0.15, 0.2) is 0 Å². The number of nitrogens with one attached hydrogen (secondary N) is 2. The maximum Gasteiger partial charge on any atom is 0.228 e. The fourth-order valence-corrected chi connectivity index (χ4v) is 3.81. The van der Waals surface area contributed by atoms with Gasteiger partial charge in [0.2, 0.25) is 5.95 Å². The summed E-state index contributed by atoms with van der Waals surface area (Å²) in [6.07, 6.45) is 1.05. The molecule has 2 N–H and O–H groups in total. The van der Waals surface area contributed by atoms with Gasteiger partial charge in [-0.05, 0) is 18.9 Å². The number of nitrogens with zero attached hydrogens (tertiary/aromatic N) is 3. The number of thiophene rings is 1. The molecular formula is C14H21N5S. The lowest BCUT2D eigenvalue weighted by molar-refractivity contribution is 0.581. The highest BCUT2D eigenvalue weighted by molar-refractivity contribution is 7.19. The van der Waals surface area contributed by atoms with Crippen LogP contribution in [0.2, 0.25) is 0 Å². The third kappa shape index (κ3) is 2.23. The molecule has 0 aromatic carbocycles. The normalized spacial score (nSPS) is 15.8. The first-order valence-electron chi connectivity index (χ1n) is 7.18. The maximum absolute atomic E-state index is 4.80. The molecule has 1 fully saturated rings. The summed E-state index contributed by atoms with van der Waals surface area (Å²) in [5.74, 6) is 1.81. The van der Waals surface area contributed by atoms with E-state index in [1.807, 2.05) is 7.05 Å². The van der Waals surface area contributed by atoms with Gasteiger partial charge in [0.25, 0.3) is 0 Å². The third-order valence-electron chi connectivity index (χ3n) is 3.83. The second-order valence-electron chi connectivity index (χ2n) is 5.04. The van der Waals surface area contributed by atoms with Crippen molar-refractivity contribution in [1.82, 2.24) is 15.3 Å². The Labute approximate surface area is 123 Å². The van der Waals surface area contributed by atoms with Crippen LogP contribution in [0.3, 0.4) is 0 Å². The Hall–Kier alpha value is -1.40. The Kier molecular flexibility index (Phi) is 3.76. The van der Waals surface area contributed by atoms with Gasteiger partial charge in [0.1, 0.15) is 10.6 Å². The standard InChI is InChI=1S/C14H21N5S/c1-4-10-9(2)11-12(15-3)17-14(18-13(11)20-10)19-7-5-16-6-8-19/h16H,4-8H2,1-3H3,(H,15,17,18). The number of hydrogen-bond donors (Lipinski definition) is 2. The Balaban J connectivity index is 2.11. The van der Waals surface area contributed by atoms with Gasteiger partial charge in [-0.25, -0.2) is 4.98 Å². The van der Waals surface area contributed by atoms with Crippen LogP contribution in [0.15, 0.2) is 0 Å². The first-order valence-corrected chi connectivity index (χ1v) is 7.99. The number of fused-ring (bicyclic) bond motifs is 1. The van der Waals surface area contributed by atoms with Crippen LogP contribution in [-0.4, -0.2) is 43.2 Å². The Bertz CT molecular complexity index is 616. The summed E-state index contributed by atoms with van der Waals surface area (Å²) < 4.78 is 0. The second-order valence-corrected chi connectivity index (χ2v) is 6.13. The molecule has 3 rings (SSSR count). The van der Waals surface area contributed by atoms with Crippen molar-refractivity contribution < 1.29 is 0 Å². The highest BCUT2D eigenvalue weighted by Gasteiger charge is 2.19. The van der Waals surface area contributed by atoms with E-state index in [2.05, 4.69) is 29.4 Å². The number of hydrogen-bond acceptors (Lipinski definition) is 6. The molecular weight excluding hydrogens is 270 g/mol. The fraction of sp³-hybridized carbons (Fsp3) is 0.571. The Morgan fingerprint density at radius 2 is 2.05 bits per heavy atom. The van der Waals surface area contributed by atoms with Crippen molar-refractivity contribution in [3.05, 3.63) is 10.4 Å². The van der Waals surface area contributed by atoms with Crippen LogP contribution < -0.4 is 15.5 Å². The molecule has 0 unspecified atom stereocenters. The van der Waals surface area contributed by atoms with Crippen molar-refractivity contribution in [2.24, 2.45) is 0 Å². The number of aromatic nitrogens is 2. The molecule has 6 heteroatoms. The van der Waals surface area contributed by atoms with E-state index in [1.54, 1.807) is 11.3 Å². The summed E-state index contributed by atoms with van der Waals surface area (Å²) in [5.41, 5.74) is 1.32. The minimum atomic E-state index is 0.854. The first-order chi connectivity index (χ1) is 9.74. The molecule has 0 spiro atoms. The van der Waals surface area contributed by atoms with Gasteiger partial charge in [-0.1, -0.05) is 6.92 Å². The zero-order valence-electron chi connectivity index (χ0n) is 12.3. The van der Waals surface area contributed by atoms with Crippen LogP contribution in [0.4, 0.5) is 11.8 Å². The molecule has 1 aliphatic heterocycles. The van der Waals surface area contributed by atoms with E-state index < -0.39 is 0 Å². The molecule has 0 radical (unpaired) electrons. The average Bonchev–Trinajstić information content (AvgIpc) is 2.83. The van der Waals surface area contributed by atoms with Crippen LogP contribution in [0.25, 0.3) is 10.2 Å². The highest BCUT2D eigenvalue weighted by atomic mass is 32.1. The van der Waals surface area contributed by atoms with Gasteiger partial charge in [0.05, 0.1) is 5.39 Å². The van der Waals surface area contributed by atoms with Crippen LogP contribution >= 0.6 is 11.3 Å². The van der Waals surface area contributed by atoms with Gasteiger partial charge in [-0.3, -0.25) is 0 Å². The molecule has 0 amide bonds. The number of aryl methyl sites for hydroxylation is 2. The smallest absolute Gasteiger partial charge is 0.228 e. The van der Waals surface area contributed by atoms with Crippen molar-refractivity contribution in [3.8, 4) is 0 Å². The summed E-state index contributed by atoms with van der Waals surface area (Å²) in [6.45, 7) is 8.31. The van der Waals surface area contributed by atoms with E-state index in [1.165, 1.54) is 15.8 Å². The largest absolute Gasteiger partial charge is 0.372 e. The minimum absolute atomic E-state index is 0.854. The molecule has 5 nitrogen and oxygen atoms in total. The van der Waals surface area contributed by atoms with E-state index in [4.69, 9.17) is 9.97 Å². The maximum atomic E-state index is 4.80. The zero-order chi connectivity index (χ0) is 14.1. The molecule has 0 saturated carbocycles. The van der Waals surface area contributed by atoms with E-state index in [9.17, 15) is 0 Å². The lowest BCUT2D eigenvalue weighted by Gasteiger charge is -2.27. The van der Waals surface area contributed by atoms with E-state index in [0.717, 1.165) is 49.2 Å². The average molecular weight is 291 g/mol. The molecule has 0 atom stereocenters. The molecule has 1 saturated heterocycles. The van der Waals surface area contributed by atoms with Crippen LogP contribution in [0.5, 0.6) is 0 Å². The van der Waals surface area contributed by atoms with Crippen molar-refractivity contribution >= 4 is 33.3 Å². The molecule has 2 aromatic rings. The van der Waals surface area contributed by atoms with Gasteiger partial charge in [-0.2, -0.15) is 4.98 Å². The lowest BCUT2D eigenvalue weighted by Crippen LogP contribution is -2.44. The summed E-state index contributed by atoms with van der Waals surface area (Å²) in [6, 6.07) is 0. The number of piperazine rings is 1. The van der Waals surface area contributed by atoms with Crippen molar-refractivity contribution in [3.63, 3.8) is 0 Å². The summed E-state index contributed by atoms with van der Waals surface area (Å²) in [5, 5.41) is 7.79. The number of anilines is 2. The third-order valence-corrected chi connectivity index (χ3v) is 5.16. The van der Waals surface area contributed by atoms with Gasteiger partial charge >= 0.3 is 0 Å². The van der Waals surface area contributed by atoms with Gasteiger partial charge in [0, 0.05) is 38.1 Å². The predicted octanol–water partition coefficient (Wildman–Crippen LogP) is 2.01. The molecule has 108 valence electrons. The monoisotopic (exact) mass is 291 g/mol. The topological polar surface area (TPSA) is 53.1 Å². The molecule has 2 aromatic heterocycles. The lowest BCUT2D eigenvalue weighted by atomic mass is 10.2. The van der Waals surface area contributed by atoms with Crippen molar-refractivity contribution in [2.45, 2.75) is 20.3 Å². The predicted molar refractivity (Wildman–Crippen MR) is 86.2 cm³/mol. The molecule has 3 heterocycles. The zero-order valence-corrected chi connectivity index (χ0v) is 13.1. The summed E-state index contributed by atoms with van der Waals surface area (Å²) in [7, 11) is 1.94. The summed E-state index contributed by atoms with van der Waals surface area (Å²) in [4.78, 5) is 14.3. The molecule has 0 bridgehead atoms. The molecule has 20 heavy (non-hydrogen) atoms. The van der Waals surface area contributed by atoms with Gasteiger partial charge < -0.3 is 15.5 Å². The van der Waals surface area contributed by atoms with E-state index >= 15 is 0 Å². The first kappa shape index (κ1) is 13.6. The van der Waals surface area contributed by atoms with Crippen LogP contribution in [0, 0.1) is 6.92 Å². The van der Waals surface area contributed by atoms with E-state index in [0.29, 0.717) is 0 Å². The Morgan fingerprint density at radius 1 is 1.30 bits per heavy atom. The molecule has 0 aliphatic carbocycles. The fourth-order valence-electron chi connectivity index (χ4n) is 2.70. The number of rotatable bonds is 3. The van der Waals surface area contributed by atoms with Crippen LogP contribution in [0.1, 0.15) is 17.4 Å². The second kappa shape index (κ2) is 5.54. The molecule has 1 aliphatic rings. The highest BCUT2D eigenvalue weighted by Crippen LogP contribution is 2.35. The van der Waals surface area contributed by atoms with Crippen molar-refractivity contribution in [1.29, 1.82) is 0 Å². The Morgan fingerprint density at radius 3 is 2.70 bits per heavy atom. The van der Waals surface area contributed by atoms with E-state index in [-0.39, 0.29) is 0 Å². The van der Waals surface area contributed by atoms with Gasteiger partial charge in [-0.15, -0.1) is 11.3 Å². The quantitative estimate of drug-likeness (QED) is 0.906. The SMILES string of the molecule is CCc1sc2nc(N3CCNCC3)nc(NC)c2c1C. The van der Waals surface area contributed by atoms with Crippen LogP contribution in [-0.2, 0) is 6.42 Å².